The number of para-hydroxylation sites is 1. The summed E-state index contributed by atoms with van der Waals surface area (Å²) >= 11 is 0.923. The van der Waals surface area contributed by atoms with Crippen LogP contribution in [0.2, 0.25) is 0 Å². The summed E-state index contributed by atoms with van der Waals surface area (Å²) in [6, 6.07) is 10.3. The number of carbonyl (C=O) groups is 17. The Bertz CT molecular complexity index is 4890. The number of amides is 14. The first-order chi connectivity index (χ1) is 60.1. The second-order valence-corrected chi connectivity index (χ2v) is 32.3. The van der Waals surface area contributed by atoms with Crippen LogP contribution in [-0.2, 0) is 112 Å². The summed E-state index contributed by atoms with van der Waals surface area (Å²) in [4.78, 5) is 247. The lowest BCUT2D eigenvalue weighted by atomic mass is 9.80. The SMILES string of the molecule is CC(=O)CCNC(=O)[C@H](Cc1cccnc1)NC(=O)[C@H](CO)NC(=O)[C@H](CCC(=O)O)CC(=O)C1(NC(=O)[C@H](Cc2ccc3ccccc3c2)NC(=O)[C@H](Cc2ccc(OCCN)cc2)NC(=O)[C@@H]2CSCC[C@H](NC(C)=O)C(=O)N[C@@H](CCC(N)=O)C(=O)N[C@@H]([C@@H](C)O)C(=O)N[C@@H](Cc3c[nH]c4c(C)cccc34)C(=O)N[C@@H](CCC(N)=O)C(=O)N2)CCOCC1. The van der Waals surface area contributed by atoms with E-state index in [-0.39, 0.29) is 89.4 Å². The van der Waals surface area contributed by atoms with E-state index in [4.69, 9.17) is 26.7 Å². The minimum atomic E-state index is -1.94. The minimum Gasteiger partial charge on any atom is -0.492 e. The highest BCUT2D eigenvalue weighted by Gasteiger charge is 2.46. The van der Waals surface area contributed by atoms with Crippen LogP contribution in [-0.4, -0.2) is 249 Å². The summed E-state index contributed by atoms with van der Waals surface area (Å²) in [7, 11) is 0. The van der Waals surface area contributed by atoms with Crippen LogP contribution in [0.1, 0.15) is 119 Å². The number of benzene rings is 4. The predicted octanol–water partition coefficient (Wildman–Crippen LogP) is -2.26. The van der Waals surface area contributed by atoms with Gasteiger partial charge >= 0.3 is 5.97 Å². The van der Waals surface area contributed by atoms with E-state index in [9.17, 15) is 68.1 Å². The smallest absolute Gasteiger partial charge is 0.303 e. The molecule has 40 heteroatoms. The number of nitrogens with two attached hydrogens (primary N) is 3. The number of primary amides is 2. The molecular formula is C86H111N17O22S. The highest BCUT2D eigenvalue weighted by molar-refractivity contribution is 7.99. The van der Waals surface area contributed by atoms with E-state index >= 15 is 28.8 Å². The largest absolute Gasteiger partial charge is 0.492 e. The number of hydrogen-bond donors (Lipinski definition) is 19. The van der Waals surface area contributed by atoms with Crippen molar-refractivity contribution < 1.29 is 106 Å². The third kappa shape index (κ3) is 30.3. The number of nitrogens with one attached hydrogen (secondary N) is 13. The zero-order valence-corrected chi connectivity index (χ0v) is 71.2. The van der Waals surface area contributed by atoms with Gasteiger partial charge in [0.2, 0.25) is 82.7 Å². The van der Waals surface area contributed by atoms with Crippen molar-refractivity contribution in [1.82, 2.24) is 73.8 Å². The number of ketones is 2. The van der Waals surface area contributed by atoms with Crippen molar-refractivity contribution in [1.29, 1.82) is 0 Å². The maximum atomic E-state index is 15.8. The van der Waals surface area contributed by atoms with Crippen molar-refractivity contribution in [3.8, 4) is 5.75 Å². The number of aromatic amines is 1. The molecule has 0 unspecified atom stereocenters. The van der Waals surface area contributed by atoms with Crippen molar-refractivity contribution in [3.63, 3.8) is 0 Å². The number of rotatable bonds is 40. The summed E-state index contributed by atoms with van der Waals surface area (Å²) in [6.07, 6.45) is -3.29. The molecule has 0 aliphatic carbocycles. The third-order valence-electron chi connectivity index (χ3n) is 21.3. The van der Waals surface area contributed by atoms with Crippen LogP contribution in [0.4, 0.5) is 0 Å². The van der Waals surface area contributed by atoms with Crippen LogP contribution in [0.5, 0.6) is 5.75 Å². The Morgan fingerprint density at radius 2 is 1.26 bits per heavy atom. The lowest BCUT2D eigenvalue weighted by molar-refractivity contribution is -0.142. The molecule has 2 aliphatic rings. The zero-order chi connectivity index (χ0) is 91.7. The van der Waals surface area contributed by atoms with Gasteiger partial charge in [-0.05, 0) is 109 Å². The molecule has 678 valence electrons. The van der Waals surface area contributed by atoms with Crippen LogP contribution in [0.25, 0.3) is 21.7 Å². The molecule has 39 nitrogen and oxygen atoms in total. The van der Waals surface area contributed by atoms with Gasteiger partial charge in [0.1, 0.15) is 84.1 Å². The normalized spacial score (nSPS) is 19.2. The number of carbonyl (C=O) groups excluding carboxylic acids is 16. The van der Waals surface area contributed by atoms with Gasteiger partial charge in [0.25, 0.3) is 0 Å². The van der Waals surface area contributed by atoms with Gasteiger partial charge in [0.05, 0.1) is 12.7 Å². The van der Waals surface area contributed by atoms with E-state index in [1.54, 1.807) is 91.1 Å². The quantitative estimate of drug-likeness (QED) is 0.0193. The fourth-order valence-electron chi connectivity index (χ4n) is 14.4. The molecule has 8 rings (SSSR count). The van der Waals surface area contributed by atoms with Gasteiger partial charge in [0, 0.05) is 145 Å². The average molecular weight is 1770 g/mol. The summed E-state index contributed by atoms with van der Waals surface area (Å²) in [5, 5.41) is 65.1. The standard InChI is InChI=1S/C86H111N17O22S/c1-47-9-7-13-59-57(44-92-73(47)59)41-66-81(119)95-60(21-23-70(88)109)77(115)101-68(46-126-36-27-62(93-50(4)107)78(116)94-61(22-24-71(89)110)79(117)102-74(49(3)106)85(123)99-66)83(121)97-64(38-51-15-19-58(20-16-51)125-35-30-87)80(118)98-65(39-52-14-17-54-11-5-6-12-55(54)37-52)84(122)103-86(28-33-124-34-29-86)69(108)42-56(18-25-72(111)112)75(113)100-67(45-104)82(120)96-63(40-53-10-8-31-90-43-53)76(114)91-32-26-48(2)105/h5-17,19-20,31,37,43-44,49,56,60-68,74,92,104,106H,18,21-30,32-36,38-42,45-46,87H2,1-4H3,(H2,88,109)(H2,89,110)(H,91,114)(H,93,107)(H,94,116)(H,95,119)(H,96,120)(H,97,121)(H,98,118)(H,99,123)(H,100,113)(H,101,115)(H,102,117)(H,103,122)(H,111,112)/t49-,56-,60+,61+,62+,63+,64+,65+,66+,67+,68+,74+/m1/s1. The molecule has 0 bridgehead atoms. The van der Waals surface area contributed by atoms with Gasteiger partial charge < -0.3 is 111 Å². The Morgan fingerprint density at radius 1 is 0.651 bits per heavy atom. The van der Waals surface area contributed by atoms with Gasteiger partial charge in [-0.2, -0.15) is 11.8 Å². The van der Waals surface area contributed by atoms with Crippen LogP contribution in [0.3, 0.4) is 0 Å². The molecule has 22 N–H and O–H groups in total. The number of fused-ring (bicyclic) bond motifs is 2. The summed E-state index contributed by atoms with van der Waals surface area (Å²) in [5.74, 6) is -18.3. The number of aliphatic hydroxyl groups excluding tert-OH is 2. The van der Waals surface area contributed by atoms with Gasteiger partial charge in [-0.1, -0.05) is 78.9 Å². The number of thioether (sulfide) groups is 1. The number of H-pyrrole nitrogens is 1. The van der Waals surface area contributed by atoms with Gasteiger partial charge in [0.15, 0.2) is 5.78 Å². The average Bonchev–Trinajstić information content (AvgIpc) is 1.07. The minimum absolute atomic E-state index is 0.0307. The molecule has 2 fully saturated rings. The molecule has 0 spiro atoms. The molecule has 2 aromatic heterocycles. The van der Waals surface area contributed by atoms with Gasteiger partial charge in [-0.3, -0.25) is 86.5 Å². The lowest BCUT2D eigenvalue weighted by Gasteiger charge is -2.38. The van der Waals surface area contributed by atoms with E-state index in [1.807, 2.05) is 19.1 Å². The summed E-state index contributed by atoms with van der Waals surface area (Å²) in [5.41, 5.74) is 18.2. The Kier molecular flexibility index (Phi) is 37.9. The molecule has 12 atom stereocenters. The molecule has 14 amide bonds. The number of aryl methyl sites for hydroxylation is 1. The van der Waals surface area contributed by atoms with Crippen molar-refractivity contribution >= 4 is 134 Å². The fraction of sp³-hybridized carbons (Fsp3) is 0.465. The first-order valence-corrected chi connectivity index (χ1v) is 42.5. The monoisotopic (exact) mass is 1770 g/mol. The zero-order valence-electron chi connectivity index (χ0n) is 70.3. The highest BCUT2D eigenvalue weighted by Crippen LogP contribution is 2.29. The van der Waals surface area contributed by atoms with E-state index in [2.05, 4.69) is 73.8 Å². The predicted molar refractivity (Wildman–Crippen MR) is 459 cm³/mol. The summed E-state index contributed by atoms with van der Waals surface area (Å²) in [6.45, 7) is 4.18. The molecule has 2 aliphatic heterocycles. The van der Waals surface area contributed by atoms with Crippen LogP contribution in [0.15, 0.2) is 116 Å². The first-order valence-electron chi connectivity index (χ1n) is 41.3. The number of ether oxygens (including phenoxy) is 2. The second kappa shape index (κ2) is 48.5. The van der Waals surface area contributed by atoms with E-state index in [0.717, 1.165) is 36.6 Å². The molecule has 126 heavy (non-hydrogen) atoms. The Labute approximate surface area is 729 Å². The second-order valence-electron chi connectivity index (χ2n) is 31.2. The molecule has 0 radical (unpaired) electrons. The molecule has 4 aromatic carbocycles. The number of Topliss-reactive ketones (excluding diaryl/α,β-unsaturated/α-hetero) is 2. The van der Waals surface area contributed by atoms with Crippen molar-refractivity contribution in [2.24, 2.45) is 23.1 Å². The van der Waals surface area contributed by atoms with Gasteiger partial charge in [-0.15, -0.1) is 0 Å². The maximum Gasteiger partial charge on any atom is 0.303 e. The Balaban J connectivity index is 1.16. The number of carboxylic acid groups (broad SMARTS) is 1. The molecule has 2 saturated heterocycles. The van der Waals surface area contributed by atoms with Crippen LogP contribution in [0, 0.1) is 12.8 Å². The first kappa shape index (κ1) is 98.6. The molecule has 6 aromatic rings. The maximum absolute atomic E-state index is 15.8. The fourth-order valence-corrected chi connectivity index (χ4v) is 15.4. The number of pyridine rings is 1. The Morgan fingerprint density at radius 3 is 1.90 bits per heavy atom. The molecule has 4 heterocycles. The van der Waals surface area contributed by atoms with Crippen molar-refractivity contribution in [3.05, 3.63) is 143 Å². The number of aliphatic hydroxyl groups is 2. The van der Waals surface area contributed by atoms with Crippen LogP contribution >= 0.6 is 11.8 Å². The van der Waals surface area contributed by atoms with E-state index in [0.29, 0.717) is 44.3 Å². The number of nitrogens with zero attached hydrogens (tertiary/aromatic N) is 1. The molecular weight excluding hydrogens is 1660 g/mol. The van der Waals surface area contributed by atoms with Crippen molar-refractivity contribution in [2.45, 2.75) is 196 Å². The van der Waals surface area contributed by atoms with E-state index < -0.39 is 236 Å². The Hall–Kier alpha value is -12.8. The highest BCUT2D eigenvalue weighted by atomic mass is 32.2. The van der Waals surface area contributed by atoms with E-state index in [1.165, 1.54) is 19.3 Å². The van der Waals surface area contributed by atoms with Gasteiger partial charge in [-0.25, -0.2) is 0 Å². The number of carboxylic acids is 1. The number of aliphatic carboxylic acids is 1. The third-order valence-corrected chi connectivity index (χ3v) is 22.4. The topological polar surface area (TPSA) is 620 Å². The lowest BCUT2D eigenvalue weighted by Crippen LogP contribution is -2.64. The summed E-state index contributed by atoms with van der Waals surface area (Å²) < 4.78 is 11.5. The van der Waals surface area contributed by atoms with Crippen LogP contribution < -0.4 is 85.7 Å². The number of aromatic nitrogens is 2. The van der Waals surface area contributed by atoms with Crippen molar-refractivity contribution in [2.75, 3.05) is 51.0 Å². The molecule has 0 saturated carbocycles. The number of hydrogen-bond acceptors (Lipinski definition) is 24.